The Bertz CT molecular complexity index is 577. The van der Waals surface area contributed by atoms with Crippen LogP contribution in [0.15, 0.2) is 54.6 Å². The van der Waals surface area contributed by atoms with Gasteiger partial charge in [0.1, 0.15) is 18.5 Å². The summed E-state index contributed by atoms with van der Waals surface area (Å²) in [7, 11) is 1.68. The molecule has 0 spiro atoms. The number of hydrogen-bond donors (Lipinski definition) is 1. The summed E-state index contributed by atoms with van der Waals surface area (Å²) in [6, 6.07) is 17.3. The second kappa shape index (κ2) is 10.3. The van der Waals surface area contributed by atoms with Crippen LogP contribution >= 0.6 is 11.6 Å². The Hall–Kier alpha value is -1.59. The van der Waals surface area contributed by atoms with Gasteiger partial charge in [-0.2, -0.15) is 0 Å². The lowest BCUT2D eigenvalue weighted by Crippen LogP contribution is -2.37. The molecule has 0 saturated heterocycles. The Morgan fingerprint density at radius 1 is 1.08 bits per heavy atom. The van der Waals surface area contributed by atoms with Crippen LogP contribution in [0.25, 0.3) is 0 Å². The van der Waals surface area contributed by atoms with Crippen LogP contribution in [-0.2, 0) is 11.3 Å². The zero-order valence-electron chi connectivity index (χ0n) is 13.9. The van der Waals surface area contributed by atoms with Gasteiger partial charge in [0.2, 0.25) is 0 Å². The zero-order valence-corrected chi connectivity index (χ0v) is 14.7. The summed E-state index contributed by atoms with van der Waals surface area (Å²) in [4.78, 5) is 2.16. The van der Waals surface area contributed by atoms with Crippen molar-refractivity contribution in [3.05, 3.63) is 65.2 Å². The normalized spacial score (nSPS) is 12.3. The second-order valence-corrected chi connectivity index (χ2v) is 6.07. The number of benzene rings is 2. The number of nitrogens with zero attached hydrogens (tertiary/aromatic N) is 1. The summed E-state index contributed by atoms with van der Waals surface area (Å²) in [6.07, 6.45) is -0.582. The Labute approximate surface area is 148 Å². The van der Waals surface area contributed by atoms with Gasteiger partial charge in [0.15, 0.2) is 0 Å². The summed E-state index contributed by atoms with van der Waals surface area (Å²) < 4.78 is 10.8. The molecule has 5 heteroatoms. The van der Waals surface area contributed by atoms with E-state index in [0.717, 1.165) is 13.1 Å². The van der Waals surface area contributed by atoms with E-state index in [0.29, 0.717) is 23.9 Å². The third-order valence-electron chi connectivity index (χ3n) is 3.59. The van der Waals surface area contributed by atoms with Gasteiger partial charge in [-0.1, -0.05) is 41.9 Å². The first kappa shape index (κ1) is 18.7. The molecule has 0 amide bonds. The summed E-state index contributed by atoms with van der Waals surface area (Å²) in [5.74, 6) is 0.699. The summed E-state index contributed by atoms with van der Waals surface area (Å²) in [6.45, 7) is 2.90. The predicted molar refractivity (Wildman–Crippen MR) is 96.5 cm³/mol. The van der Waals surface area contributed by atoms with Gasteiger partial charge in [-0.3, -0.25) is 4.90 Å². The smallest absolute Gasteiger partial charge is 0.119 e. The molecule has 0 heterocycles. The van der Waals surface area contributed by atoms with Gasteiger partial charge >= 0.3 is 0 Å². The molecule has 1 atom stereocenters. The van der Waals surface area contributed by atoms with E-state index in [2.05, 4.69) is 17.0 Å². The van der Waals surface area contributed by atoms with Crippen LogP contribution in [-0.4, -0.2) is 49.5 Å². The number of aliphatic hydroxyl groups is 1. The van der Waals surface area contributed by atoms with E-state index in [-0.39, 0.29) is 6.61 Å². The van der Waals surface area contributed by atoms with E-state index in [4.69, 9.17) is 21.1 Å². The van der Waals surface area contributed by atoms with Crippen LogP contribution < -0.4 is 4.74 Å². The zero-order chi connectivity index (χ0) is 17.2. The molecular formula is C19H24ClNO3. The molecular weight excluding hydrogens is 326 g/mol. The molecule has 0 aliphatic heterocycles. The van der Waals surface area contributed by atoms with Crippen molar-refractivity contribution in [1.82, 2.24) is 4.90 Å². The van der Waals surface area contributed by atoms with Gasteiger partial charge in [-0.15, -0.1) is 0 Å². The highest BCUT2D eigenvalue weighted by Gasteiger charge is 2.13. The fraction of sp³-hybridized carbons (Fsp3) is 0.368. The van der Waals surface area contributed by atoms with Crippen LogP contribution in [0, 0.1) is 0 Å². The minimum atomic E-state index is -0.582. The highest BCUT2D eigenvalue weighted by atomic mass is 35.5. The van der Waals surface area contributed by atoms with E-state index in [1.807, 2.05) is 18.2 Å². The first-order valence-electron chi connectivity index (χ1n) is 7.99. The molecule has 0 unspecified atom stereocenters. The van der Waals surface area contributed by atoms with Gasteiger partial charge in [0.05, 0.1) is 6.61 Å². The Kier molecular flexibility index (Phi) is 8.05. The van der Waals surface area contributed by atoms with Crippen LogP contribution in [0.2, 0.25) is 5.02 Å². The third kappa shape index (κ3) is 6.89. The standard InChI is InChI=1S/C19H24ClNO3/c1-23-12-11-21(13-16-5-3-2-4-6-16)14-18(22)15-24-19-9-7-17(20)8-10-19/h2-10,18,22H,11-15H2,1H3/t18-/m1/s1. The maximum absolute atomic E-state index is 10.3. The van der Waals surface area contributed by atoms with Crippen molar-refractivity contribution < 1.29 is 14.6 Å². The van der Waals surface area contributed by atoms with Crippen LogP contribution in [0.1, 0.15) is 5.56 Å². The van der Waals surface area contributed by atoms with Crippen molar-refractivity contribution in [3.8, 4) is 5.75 Å². The van der Waals surface area contributed by atoms with Gasteiger partial charge in [-0.25, -0.2) is 0 Å². The molecule has 2 aromatic rings. The molecule has 0 aliphatic rings. The molecule has 2 aromatic carbocycles. The second-order valence-electron chi connectivity index (χ2n) is 5.63. The average molecular weight is 350 g/mol. The highest BCUT2D eigenvalue weighted by Crippen LogP contribution is 2.15. The number of methoxy groups -OCH3 is 1. The largest absolute Gasteiger partial charge is 0.491 e. The van der Waals surface area contributed by atoms with Gasteiger partial charge in [0.25, 0.3) is 0 Å². The van der Waals surface area contributed by atoms with Crippen molar-refractivity contribution in [2.45, 2.75) is 12.6 Å². The van der Waals surface area contributed by atoms with Crippen molar-refractivity contribution in [3.63, 3.8) is 0 Å². The van der Waals surface area contributed by atoms with E-state index >= 15 is 0 Å². The summed E-state index contributed by atoms with van der Waals surface area (Å²) in [5.41, 5.74) is 1.21. The molecule has 0 aromatic heterocycles. The quantitative estimate of drug-likeness (QED) is 0.715. The van der Waals surface area contributed by atoms with Crippen LogP contribution in [0.4, 0.5) is 0 Å². The number of halogens is 1. The Balaban J connectivity index is 1.84. The molecule has 0 radical (unpaired) electrons. The molecule has 0 fully saturated rings. The first-order chi connectivity index (χ1) is 11.7. The molecule has 2 rings (SSSR count). The van der Waals surface area contributed by atoms with Gasteiger partial charge in [0, 0.05) is 31.8 Å². The minimum absolute atomic E-state index is 0.236. The lowest BCUT2D eigenvalue weighted by atomic mass is 10.2. The van der Waals surface area contributed by atoms with Gasteiger partial charge < -0.3 is 14.6 Å². The molecule has 1 N–H and O–H groups in total. The maximum Gasteiger partial charge on any atom is 0.119 e. The van der Waals surface area contributed by atoms with E-state index < -0.39 is 6.10 Å². The van der Waals surface area contributed by atoms with Crippen molar-refractivity contribution >= 4 is 11.6 Å². The topological polar surface area (TPSA) is 41.9 Å². The molecule has 0 aliphatic carbocycles. The molecule has 130 valence electrons. The van der Waals surface area contributed by atoms with Crippen molar-refractivity contribution in [2.24, 2.45) is 0 Å². The number of aliphatic hydroxyl groups excluding tert-OH is 1. The fourth-order valence-electron chi connectivity index (χ4n) is 2.37. The number of ether oxygens (including phenoxy) is 2. The van der Waals surface area contributed by atoms with Gasteiger partial charge in [-0.05, 0) is 29.8 Å². The van der Waals surface area contributed by atoms with E-state index in [9.17, 15) is 5.11 Å². The highest BCUT2D eigenvalue weighted by molar-refractivity contribution is 6.30. The van der Waals surface area contributed by atoms with E-state index in [1.165, 1.54) is 5.56 Å². The predicted octanol–water partition coefficient (Wildman–Crippen LogP) is 3.23. The van der Waals surface area contributed by atoms with E-state index in [1.54, 1.807) is 31.4 Å². The van der Waals surface area contributed by atoms with Crippen LogP contribution in [0.5, 0.6) is 5.75 Å². The molecule has 0 saturated carbocycles. The third-order valence-corrected chi connectivity index (χ3v) is 3.84. The summed E-state index contributed by atoms with van der Waals surface area (Å²) >= 11 is 5.85. The minimum Gasteiger partial charge on any atom is -0.491 e. The first-order valence-corrected chi connectivity index (χ1v) is 8.37. The maximum atomic E-state index is 10.3. The fourth-order valence-corrected chi connectivity index (χ4v) is 2.50. The molecule has 4 nitrogen and oxygen atoms in total. The molecule has 0 bridgehead atoms. The monoisotopic (exact) mass is 349 g/mol. The lowest BCUT2D eigenvalue weighted by molar-refractivity contribution is 0.0542. The number of rotatable bonds is 10. The summed E-state index contributed by atoms with van der Waals surface area (Å²) in [5, 5.41) is 10.9. The Morgan fingerprint density at radius 3 is 2.46 bits per heavy atom. The molecule has 24 heavy (non-hydrogen) atoms. The Morgan fingerprint density at radius 2 is 1.79 bits per heavy atom. The SMILES string of the molecule is COCCN(Cc1ccccc1)C[C@@H](O)COc1ccc(Cl)cc1. The van der Waals surface area contributed by atoms with Crippen LogP contribution in [0.3, 0.4) is 0 Å². The lowest BCUT2D eigenvalue weighted by Gasteiger charge is -2.25. The van der Waals surface area contributed by atoms with Crippen molar-refractivity contribution in [1.29, 1.82) is 0 Å². The average Bonchev–Trinajstić information content (AvgIpc) is 2.60. The van der Waals surface area contributed by atoms with Crippen molar-refractivity contribution in [2.75, 3.05) is 33.4 Å². The number of hydrogen-bond acceptors (Lipinski definition) is 4.